The highest BCUT2D eigenvalue weighted by Crippen LogP contribution is 2.30. The van der Waals surface area contributed by atoms with Crippen LogP contribution in [0.4, 0.5) is 10.3 Å². The van der Waals surface area contributed by atoms with E-state index in [9.17, 15) is 9.18 Å². The van der Waals surface area contributed by atoms with E-state index in [1.165, 1.54) is 12.1 Å². The third kappa shape index (κ3) is 4.63. The zero-order valence-corrected chi connectivity index (χ0v) is 16.3. The van der Waals surface area contributed by atoms with E-state index in [-0.39, 0.29) is 17.6 Å². The number of para-hydroxylation sites is 1. The quantitative estimate of drug-likeness (QED) is 0.417. The van der Waals surface area contributed by atoms with Crippen molar-refractivity contribution in [3.05, 3.63) is 90.1 Å². The lowest BCUT2D eigenvalue weighted by molar-refractivity contribution is -0.120. The Hall–Kier alpha value is -3.74. The molecule has 0 unspecified atom stereocenters. The SMILES string of the molecule is O=C(CCNc1ncccn1)NC[C@@H](c1ccc(F)cc1)c1c[nH]c2ccccc12. The number of aromatic nitrogens is 3. The van der Waals surface area contributed by atoms with Gasteiger partial charge < -0.3 is 15.6 Å². The average molecular weight is 403 g/mol. The molecule has 6 nitrogen and oxygen atoms in total. The number of fused-ring (bicyclic) bond motifs is 1. The minimum absolute atomic E-state index is 0.0783. The van der Waals surface area contributed by atoms with Crippen molar-refractivity contribution >= 4 is 22.8 Å². The maximum Gasteiger partial charge on any atom is 0.222 e. The molecule has 1 amide bonds. The Bertz CT molecular complexity index is 1110. The molecule has 30 heavy (non-hydrogen) atoms. The van der Waals surface area contributed by atoms with Crippen LogP contribution in [0.15, 0.2) is 73.2 Å². The van der Waals surface area contributed by atoms with Gasteiger partial charge in [-0.05, 0) is 35.4 Å². The lowest BCUT2D eigenvalue weighted by atomic mass is 9.91. The smallest absolute Gasteiger partial charge is 0.222 e. The zero-order valence-electron chi connectivity index (χ0n) is 16.3. The lowest BCUT2D eigenvalue weighted by Gasteiger charge is -2.18. The Balaban J connectivity index is 1.45. The Morgan fingerprint density at radius 2 is 1.80 bits per heavy atom. The molecule has 0 bridgehead atoms. The maximum absolute atomic E-state index is 13.4. The summed E-state index contributed by atoms with van der Waals surface area (Å²) in [5.74, 6) is 0.0319. The zero-order chi connectivity index (χ0) is 20.8. The second kappa shape index (κ2) is 9.17. The summed E-state index contributed by atoms with van der Waals surface area (Å²) in [5.41, 5.74) is 3.03. The van der Waals surface area contributed by atoms with Crippen LogP contribution in [0.3, 0.4) is 0 Å². The van der Waals surface area contributed by atoms with Gasteiger partial charge in [0, 0.05) is 54.9 Å². The van der Waals surface area contributed by atoms with E-state index in [0.29, 0.717) is 25.5 Å². The highest BCUT2D eigenvalue weighted by molar-refractivity contribution is 5.84. The van der Waals surface area contributed by atoms with E-state index in [1.54, 1.807) is 30.6 Å². The van der Waals surface area contributed by atoms with Gasteiger partial charge in [0.15, 0.2) is 0 Å². The van der Waals surface area contributed by atoms with Crippen LogP contribution in [0.25, 0.3) is 10.9 Å². The van der Waals surface area contributed by atoms with Crippen molar-refractivity contribution in [3.63, 3.8) is 0 Å². The van der Waals surface area contributed by atoms with Gasteiger partial charge in [0.2, 0.25) is 11.9 Å². The first-order valence-corrected chi connectivity index (χ1v) is 9.80. The van der Waals surface area contributed by atoms with Gasteiger partial charge in [0.25, 0.3) is 0 Å². The molecule has 3 N–H and O–H groups in total. The molecule has 1 atom stereocenters. The maximum atomic E-state index is 13.4. The number of amides is 1. The van der Waals surface area contributed by atoms with Crippen LogP contribution in [0.1, 0.15) is 23.5 Å². The first-order valence-electron chi connectivity index (χ1n) is 9.80. The van der Waals surface area contributed by atoms with Crippen LogP contribution >= 0.6 is 0 Å². The third-order valence-electron chi connectivity index (χ3n) is 4.97. The fourth-order valence-corrected chi connectivity index (χ4v) is 3.47. The molecule has 0 saturated carbocycles. The minimum Gasteiger partial charge on any atom is -0.361 e. The molecule has 0 aliphatic carbocycles. The third-order valence-corrected chi connectivity index (χ3v) is 4.97. The Labute approximate surface area is 173 Å². The molecule has 2 aromatic heterocycles. The molecule has 0 fully saturated rings. The van der Waals surface area contributed by atoms with Gasteiger partial charge in [0.05, 0.1) is 0 Å². The summed E-state index contributed by atoms with van der Waals surface area (Å²) in [6.45, 7) is 0.846. The van der Waals surface area contributed by atoms with Crippen LogP contribution in [-0.2, 0) is 4.79 Å². The molecule has 152 valence electrons. The summed E-state index contributed by atoms with van der Waals surface area (Å²) in [6, 6.07) is 16.2. The number of carbonyl (C=O) groups is 1. The molecule has 2 aromatic carbocycles. The molecule has 0 saturated heterocycles. The van der Waals surface area contributed by atoms with Crippen LogP contribution in [0.5, 0.6) is 0 Å². The van der Waals surface area contributed by atoms with Crippen molar-refractivity contribution in [1.82, 2.24) is 20.3 Å². The fraction of sp³-hybridized carbons (Fsp3) is 0.174. The molecule has 0 spiro atoms. The van der Waals surface area contributed by atoms with E-state index in [2.05, 4.69) is 25.6 Å². The lowest BCUT2D eigenvalue weighted by Crippen LogP contribution is -2.30. The minimum atomic E-state index is -0.283. The molecule has 4 rings (SSSR count). The number of nitrogens with zero attached hydrogens (tertiary/aromatic N) is 2. The number of halogens is 1. The van der Waals surface area contributed by atoms with E-state index in [4.69, 9.17) is 0 Å². The summed E-state index contributed by atoms with van der Waals surface area (Å²) >= 11 is 0. The number of H-pyrrole nitrogens is 1. The summed E-state index contributed by atoms with van der Waals surface area (Å²) < 4.78 is 13.4. The molecule has 0 radical (unpaired) electrons. The fourth-order valence-electron chi connectivity index (χ4n) is 3.47. The average Bonchev–Trinajstić information content (AvgIpc) is 3.20. The molecule has 0 aliphatic heterocycles. The summed E-state index contributed by atoms with van der Waals surface area (Å²) in [7, 11) is 0. The van der Waals surface area contributed by atoms with Crippen molar-refractivity contribution < 1.29 is 9.18 Å². The molecular formula is C23H22FN5O. The van der Waals surface area contributed by atoms with Gasteiger partial charge in [-0.3, -0.25) is 4.79 Å². The molecule has 2 heterocycles. The van der Waals surface area contributed by atoms with Gasteiger partial charge in [0.1, 0.15) is 5.82 Å². The Morgan fingerprint density at radius 3 is 2.60 bits per heavy atom. The van der Waals surface area contributed by atoms with Crippen molar-refractivity contribution in [2.24, 2.45) is 0 Å². The summed E-state index contributed by atoms with van der Waals surface area (Å²) in [5, 5.41) is 7.12. The second-order valence-corrected chi connectivity index (χ2v) is 6.95. The predicted molar refractivity (Wildman–Crippen MR) is 115 cm³/mol. The normalized spacial score (nSPS) is 11.9. The Morgan fingerprint density at radius 1 is 1.03 bits per heavy atom. The standard InChI is InChI=1S/C23H22FN5O/c24-17-8-6-16(7-9-17)19(20-15-28-21-5-2-1-4-18(20)21)14-29-22(30)10-13-27-23-25-11-3-12-26-23/h1-9,11-12,15,19,28H,10,13-14H2,(H,29,30)(H,25,26,27)/t19-/m0/s1. The van der Waals surface area contributed by atoms with Gasteiger partial charge >= 0.3 is 0 Å². The molecule has 0 aliphatic rings. The van der Waals surface area contributed by atoms with Crippen LogP contribution in [0.2, 0.25) is 0 Å². The second-order valence-electron chi connectivity index (χ2n) is 6.95. The number of rotatable bonds is 8. The van der Waals surface area contributed by atoms with Crippen molar-refractivity contribution in [1.29, 1.82) is 0 Å². The van der Waals surface area contributed by atoms with E-state index in [0.717, 1.165) is 22.0 Å². The Kier molecular flexibility index (Phi) is 5.98. The number of nitrogens with one attached hydrogen (secondary N) is 3. The number of anilines is 1. The van der Waals surface area contributed by atoms with E-state index in [1.807, 2.05) is 30.5 Å². The van der Waals surface area contributed by atoms with Crippen molar-refractivity contribution in [2.45, 2.75) is 12.3 Å². The first-order chi connectivity index (χ1) is 14.7. The van der Waals surface area contributed by atoms with Crippen molar-refractivity contribution in [3.8, 4) is 0 Å². The largest absolute Gasteiger partial charge is 0.361 e. The van der Waals surface area contributed by atoms with Crippen LogP contribution in [-0.4, -0.2) is 33.9 Å². The van der Waals surface area contributed by atoms with Gasteiger partial charge in [-0.25, -0.2) is 14.4 Å². The number of carbonyl (C=O) groups excluding carboxylic acids is 1. The summed E-state index contributed by atoms with van der Waals surface area (Å²) in [6.07, 6.45) is 5.54. The first kappa shape index (κ1) is 19.6. The summed E-state index contributed by atoms with van der Waals surface area (Å²) in [4.78, 5) is 23.8. The number of hydrogen-bond donors (Lipinski definition) is 3. The van der Waals surface area contributed by atoms with E-state index < -0.39 is 0 Å². The van der Waals surface area contributed by atoms with Crippen LogP contribution in [0, 0.1) is 5.82 Å². The monoisotopic (exact) mass is 403 g/mol. The number of hydrogen-bond acceptors (Lipinski definition) is 4. The molecule has 7 heteroatoms. The van der Waals surface area contributed by atoms with Crippen LogP contribution < -0.4 is 10.6 Å². The number of benzene rings is 2. The van der Waals surface area contributed by atoms with Gasteiger partial charge in [-0.15, -0.1) is 0 Å². The van der Waals surface area contributed by atoms with E-state index >= 15 is 0 Å². The predicted octanol–water partition coefficient (Wildman–Crippen LogP) is 3.85. The van der Waals surface area contributed by atoms with Crippen molar-refractivity contribution in [2.75, 3.05) is 18.4 Å². The van der Waals surface area contributed by atoms with Gasteiger partial charge in [-0.2, -0.15) is 0 Å². The molecular weight excluding hydrogens is 381 g/mol. The molecule has 4 aromatic rings. The highest BCUT2D eigenvalue weighted by Gasteiger charge is 2.19. The highest BCUT2D eigenvalue weighted by atomic mass is 19.1. The van der Waals surface area contributed by atoms with Gasteiger partial charge in [-0.1, -0.05) is 30.3 Å². The number of aromatic amines is 1. The topological polar surface area (TPSA) is 82.7 Å².